The molecule has 2 aromatic rings. The zero-order chi connectivity index (χ0) is 13.8. The van der Waals surface area contributed by atoms with Gasteiger partial charge in [-0.05, 0) is 32.0 Å². The van der Waals surface area contributed by atoms with Crippen molar-refractivity contribution in [2.75, 3.05) is 6.54 Å². The Kier molecular flexibility index (Phi) is 4.39. The smallest absolute Gasteiger partial charge is 0.228 e. The lowest BCUT2D eigenvalue weighted by atomic mass is 10.2. The quantitative estimate of drug-likeness (QED) is 0.912. The first kappa shape index (κ1) is 13.8. The molecule has 0 aliphatic carbocycles. The Morgan fingerprint density at radius 3 is 2.89 bits per heavy atom. The molecule has 0 spiro atoms. The Labute approximate surface area is 116 Å². The molecular formula is C13H16ClN3O2. The summed E-state index contributed by atoms with van der Waals surface area (Å²) in [7, 11) is 0. The predicted molar refractivity (Wildman–Crippen MR) is 73.3 cm³/mol. The summed E-state index contributed by atoms with van der Waals surface area (Å²) in [4.78, 5) is 4.28. The summed E-state index contributed by atoms with van der Waals surface area (Å²) < 4.78 is 10.8. The van der Waals surface area contributed by atoms with E-state index in [9.17, 15) is 0 Å². The van der Waals surface area contributed by atoms with Gasteiger partial charge < -0.3 is 15.0 Å². The number of nitrogens with zero attached hydrogens (tertiary/aromatic N) is 2. The van der Waals surface area contributed by atoms with E-state index in [-0.39, 0.29) is 6.10 Å². The molecule has 102 valence electrons. The van der Waals surface area contributed by atoms with Crippen LogP contribution >= 0.6 is 11.6 Å². The number of hydrogen-bond donors (Lipinski definition) is 1. The molecule has 19 heavy (non-hydrogen) atoms. The van der Waals surface area contributed by atoms with Crippen molar-refractivity contribution in [3.05, 3.63) is 29.1 Å². The van der Waals surface area contributed by atoms with Gasteiger partial charge in [0.05, 0.1) is 11.7 Å². The predicted octanol–water partition coefficient (Wildman–Crippen LogP) is 2.68. The maximum absolute atomic E-state index is 6.01. The number of aromatic nitrogens is 2. The molecule has 2 rings (SSSR count). The summed E-state index contributed by atoms with van der Waals surface area (Å²) in [6, 6.07) is 5.33. The van der Waals surface area contributed by atoms with E-state index in [0.29, 0.717) is 41.0 Å². The Morgan fingerprint density at radius 2 is 2.21 bits per heavy atom. The molecule has 5 nitrogen and oxygen atoms in total. The van der Waals surface area contributed by atoms with Crippen LogP contribution in [0.5, 0.6) is 5.75 Å². The highest BCUT2D eigenvalue weighted by molar-refractivity contribution is 6.30. The van der Waals surface area contributed by atoms with Crippen LogP contribution in [0.3, 0.4) is 0 Å². The molecule has 0 fully saturated rings. The van der Waals surface area contributed by atoms with Gasteiger partial charge in [0.15, 0.2) is 0 Å². The molecule has 0 aliphatic rings. The van der Waals surface area contributed by atoms with Crippen molar-refractivity contribution in [1.29, 1.82) is 0 Å². The maximum atomic E-state index is 6.01. The molecule has 6 heteroatoms. The van der Waals surface area contributed by atoms with Crippen LogP contribution in [0.2, 0.25) is 5.02 Å². The van der Waals surface area contributed by atoms with E-state index in [0.717, 1.165) is 0 Å². The van der Waals surface area contributed by atoms with Crippen molar-refractivity contribution in [2.45, 2.75) is 26.4 Å². The van der Waals surface area contributed by atoms with Gasteiger partial charge in [-0.3, -0.25) is 0 Å². The van der Waals surface area contributed by atoms with Gasteiger partial charge in [0.2, 0.25) is 11.7 Å². The summed E-state index contributed by atoms with van der Waals surface area (Å²) >= 11 is 6.01. The molecule has 0 aliphatic heterocycles. The highest BCUT2D eigenvalue weighted by atomic mass is 35.5. The fourth-order valence-electron chi connectivity index (χ4n) is 1.62. The molecule has 0 saturated carbocycles. The molecule has 2 N–H and O–H groups in total. The molecule has 0 saturated heterocycles. The van der Waals surface area contributed by atoms with E-state index >= 15 is 0 Å². The van der Waals surface area contributed by atoms with E-state index < -0.39 is 0 Å². The minimum Gasteiger partial charge on any atom is -0.490 e. The number of ether oxygens (including phenoxy) is 1. The van der Waals surface area contributed by atoms with Crippen LogP contribution in [0.15, 0.2) is 22.7 Å². The Morgan fingerprint density at radius 1 is 1.42 bits per heavy atom. The van der Waals surface area contributed by atoms with Gasteiger partial charge in [-0.15, -0.1) is 0 Å². The number of rotatable bonds is 5. The van der Waals surface area contributed by atoms with Gasteiger partial charge in [0, 0.05) is 18.0 Å². The van der Waals surface area contributed by atoms with Gasteiger partial charge in [-0.1, -0.05) is 16.8 Å². The zero-order valence-corrected chi connectivity index (χ0v) is 11.6. The average molecular weight is 282 g/mol. The van der Waals surface area contributed by atoms with Crippen LogP contribution in [0.1, 0.15) is 19.7 Å². The summed E-state index contributed by atoms with van der Waals surface area (Å²) in [5, 5.41) is 4.53. The van der Waals surface area contributed by atoms with Crippen LogP contribution in [0.4, 0.5) is 0 Å². The fraction of sp³-hybridized carbons (Fsp3) is 0.385. The largest absolute Gasteiger partial charge is 0.490 e. The normalized spacial score (nSPS) is 11.0. The van der Waals surface area contributed by atoms with Crippen LogP contribution in [-0.2, 0) is 6.42 Å². The average Bonchev–Trinajstić information content (AvgIpc) is 2.80. The van der Waals surface area contributed by atoms with E-state index in [1.165, 1.54) is 0 Å². The number of benzene rings is 1. The van der Waals surface area contributed by atoms with Gasteiger partial charge >= 0.3 is 0 Å². The Bertz CT molecular complexity index is 555. The number of halogens is 1. The van der Waals surface area contributed by atoms with Crippen molar-refractivity contribution in [2.24, 2.45) is 5.73 Å². The molecule has 0 atom stereocenters. The minimum absolute atomic E-state index is 0.0512. The lowest BCUT2D eigenvalue weighted by molar-refractivity contribution is 0.243. The molecule has 0 unspecified atom stereocenters. The van der Waals surface area contributed by atoms with Gasteiger partial charge in [-0.2, -0.15) is 4.98 Å². The Hall–Kier alpha value is -1.59. The highest BCUT2D eigenvalue weighted by Crippen LogP contribution is 2.31. The molecule has 0 bridgehead atoms. The lowest BCUT2D eigenvalue weighted by Gasteiger charge is -2.12. The Balaban J connectivity index is 2.37. The topological polar surface area (TPSA) is 74.2 Å². The first-order valence-electron chi connectivity index (χ1n) is 6.09. The van der Waals surface area contributed by atoms with E-state index in [4.69, 9.17) is 26.6 Å². The first-order chi connectivity index (χ1) is 9.10. The summed E-state index contributed by atoms with van der Waals surface area (Å²) in [5.74, 6) is 1.65. The molecule has 1 heterocycles. The third-order valence-electron chi connectivity index (χ3n) is 2.37. The standard InChI is InChI=1S/C13H16ClN3O2/c1-8(2)18-11-4-3-9(14)7-10(11)13-16-12(5-6-15)19-17-13/h3-4,7-8H,5-6,15H2,1-2H3. The monoisotopic (exact) mass is 281 g/mol. The van der Waals surface area contributed by atoms with Gasteiger partial charge in [0.25, 0.3) is 0 Å². The molecule has 0 amide bonds. The van der Waals surface area contributed by atoms with Gasteiger partial charge in [0.1, 0.15) is 5.75 Å². The SMILES string of the molecule is CC(C)Oc1ccc(Cl)cc1-c1noc(CCN)n1. The van der Waals surface area contributed by atoms with Crippen molar-refractivity contribution in [1.82, 2.24) is 10.1 Å². The van der Waals surface area contributed by atoms with Crippen LogP contribution in [0.25, 0.3) is 11.4 Å². The van der Waals surface area contributed by atoms with Crippen molar-refractivity contribution < 1.29 is 9.26 Å². The second kappa shape index (κ2) is 6.04. The molecule has 1 aromatic heterocycles. The van der Waals surface area contributed by atoms with E-state index in [2.05, 4.69) is 10.1 Å². The van der Waals surface area contributed by atoms with Crippen LogP contribution in [0, 0.1) is 0 Å². The molecule has 1 aromatic carbocycles. The summed E-state index contributed by atoms with van der Waals surface area (Å²) in [6.45, 7) is 4.37. The fourth-order valence-corrected chi connectivity index (χ4v) is 1.80. The van der Waals surface area contributed by atoms with Crippen molar-refractivity contribution in [3.63, 3.8) is 0 Å². The van der Waals surface area contributed by atoms with Crippen LogP contribution in [-0.4, -0.2) is 22.8 Å². The minimum atomic E-state index is 0.0512. The summed E-state index contributed by atoms with van der Waals surface area (Å²) in [6.07, 6.45) is 0.601. The second-order valence-corrected chi connectivity index (χ2v) is 4.79. The van der Waals surface area contributed by atoms with E-state index in [1.807, 2.05) is 13.8 Å². The maximum Gasteiger partial charge on any atom is 0.228 e. The lowest BCUT2D eigenvalue weighted by Crippen LogP contribution is -2.06. The molecule has 0 radical (unpaired) electrons. The first-order valence-corrected chi connectivity index (χ1v) is 6.47. The molecular weight excluding hydrogens is 266 g/mol. The van der Waals surface area contributed by atoms with Crippen molar-refractivity contribution >= 4 is 11.6 Å². The van der Waals surface area contributed by atoms with Crippen LogP contribution < -0.4 is 10.5 Å². The number of nitrogens with two attached hydrogens (primary N) is 1. The van der Waals surface area contributed by atoms with Crippen molar-refractivity contribution in [3.8, 4) is 17.1 Å². The zero-order valence-electron chi connectivity index (χ0n) is 10.9. The second-order valence-electron chi connectivity index (χ2n) is 4.36. The summed E-state index contributed by atoms with van der Waals surface area (Å²) in [5.41, 5.74) is 6.17. The third-order valence-corrected chi connectivity index (χ3v) is 2.61. The number of hydrogen-bond acceptors (Lipinski definition) is 5. The highest BCUT2D eigenvalue weighted by Gasteiger charge is 2.15. The van der Waals surface area contributed by atoms with Gasteiger partial charge in [-0.25, -0.2) is 0 Å². The third kappa shape index (κ3) is 3.45. The van der Waals surface area contributed by atoms with E-state index in [1.54, 1.807) is 18.2 Å².